The molecule has 1 heterocycles. The summed E-state index contributed by atoms with van der Waals surface area (Å²) in [5.41, 5.74) is -0.595. The van der Waals surface area contributed by atoms with Gasteiger partial charge in [-0.1, -0.05) is 38.0 Å². The lowest BCUT2D eigenvalue weighted by Gasteiger charge is -2.13. The molecule has 0 aliphatic rings. The van der Waals surface area contributed by atoms with Crippen LogP contribution in [0.15, 0.2) is 39.5 Å². The summed E-state index contributed by atoms with van der Waals surface area (Å²) in [5.74, 6) is -1.85. The van der Waals surface area contributed by atoms with E-state index in [9.17, 15) is 14.4 Å². The first kappa shape index (κ1) is 15.8. The van der Waals surface area contributed by atoms with Gasteiger partial charge >= 0.3 is 11.6 Å². The number of benzene rings is 1. The van der Waals surface area contributed by atoms with E-state index in [-0.39, 0.29) is 5.56 Å². The van der Waals surface area contributed by atoms with Crippen LogP contribution in [0.4, 0.5) is 0 Å². The van der Waals surface area contributed by atoms with Crippen LogP contribution < -0.4 is 10.9 Å². The Morgan fingerprint density at radius 2 is 2.05 bits per heavy atom. The maximum Gasteiger partial charge on any atom is 0.349 e. The van der Waals surface area contributed by atoms with Crippen LogP contribution in [-0.4, -0.2) is 23.0 Å². The van der Waals surface area contributed by atoms with E-state index in [4.69, 9.17) is 9.52 Å². The topological polar surface area (TPSA) is 96.6 Å². The van der Waals surface area contributed by atoms with Crippen LogP contribution in [0.5, 0.6) is 0 Å². The number of rotatable bonds is 6. The van der Waals surface area contributed by atoms with E-state index >= 15 is 0 Å². The molecule has 0 saturated carbocycles. The van der Waals surface area contributed by atoms with Crippen LogP contribution in [-0.2, 0) is 4.79 Å². The maximum atomic E-state index is 12.2. The molecule has 0 bridgehead atoms. The lowest BCUT2D eigenvalue weighted by atomic mass is 10.1. The Labute approximate surface area is 126 Å². The van der Waals surface area contributed by atoms with Gasteiger partial charge in [-0.3, -0.25) is 4.79 Å². The van der Waals surface area contributed by atoms with Crippen LogP contribution in [0.2, 0.25) is 0 Å². The van der Waals surface area contributed by atoms with Gasteiger partial charge in [0.15, 0.2) is 0 Å². The van der Waals surface area contributed by atoms with Gasteiger partial charge in [-0.15, -0.1) is 0 Å². The number of fused-ring (bicyclic) bond motifs is 1. The van der Waals surface area contributed by atoms with E-state index in [1.807, 2.05) is 6.92 Å². The second-order valence-electron chi connectivity index (χ2n) is 4.99. The predicted molar refractivity (Wildman–Crippen MR) is 80.9 cm³/mol. The molecule has 2 rings (SSSR count). The zero-order chi connectivity index (χ0) is 16.1. The van der Waals surface area contributed by atoms with Crippen LogP contribution in [0, 0.1) is 0 Å². The van der Waals surface area contributed by atoms with Gasteiger partial charge in [0.25, 0.3) is 5.91 Å². The molecule has 1 aromatic heterocycles. The van der Waals surface area contributed by atoms with Gasteiger partial charge in [0, 0.05) is 5.39 Å². The van der Waals surface area contributed by atoms with Crippen molar-refractivity contribution < 1.29 is 19.1 Å². The normalized spacial score (nSPS) is 12.0. The minimum Gasteiger partial charge on any atom is -0.480 e. The van der Waals surface area contributed by atoms with Crippen molar-refractivity contribution in [2.45, 2.75) is 32.2 Å². The van der Waals surface area contributed by atoms with E-state index in [1.54, 1.807) is 24.3 Å². The number of amides is 1. The molecule has 0 radical (unpaired) electrons. The zero-order valence-electron chi connectivity index (χ0n) is 12.2. The van der Waals surface area contributed by atoms with Crippen molar-refractivity contribution >= 4 is 22.8 Å². The first-order valence-corrected chi connectivity index (χ1v) is 7.09. The molecule has 1 aromatic carbocycles. The van der Waals surface area contributed by atoms with Crippen molar-refractivity contribution in [2.24, 2.45) is 0 Å². The molecule has 2 aromatic rings. The minimum atomic E-state index is -1.12. The molecule has 0 spiro atoms. The third kappa shape index (κ3) is 3.52. The number of carboxylic acids is 1. The summed E-state index contributed by atoms with van der Waals surface area (Å²) in [6.07, 6.45) is 1.80. The Morgan fingerprint density at radius 3 is 2.73 bits per heavy atom. The molecule has 2 N–H and O–H groups in total. The van der Waals surface area contributed by atoms with Crippen molar-refractivity contribution in [3.8, 4) is 0 Å². The second kappa shape index (κ2) is 6.89. The van der Waals surface area contributed by atoms with Gasteiger partial charge < -0.3 is 14.8 Å². The van der Waals surface area contributed by atoms with E-state index < -0.39 is 23.5 Å². The van der Waals surface area contributed by atoms with Crippen molar-refractivity contribution in [1.82, 2.24) is 5.32 Å². The standard InChI is InChI=1S/C16H17NO5/c1-2-3-7-12(15(19)20)17-14(18)11-9-10-6-4-5-8-13(10)22-16(11)21/h4-6,8-9,12H,2-3,7H2,1H3,(H,17,18)(H,19,20)/t12-/m0/s1. The second-order valence-corrected chi connectivity index (χ2v) is 4.99. The van der Waals surface area contributed by atoms with Gasteiger partial charge in [-0.05, 0) is 18.6 Å². The summed E-state index contributed by atoms with van der Waals surface area (Å²) < 4.78 is 5.07. The third-order valence-electron chi connectivity index (χ3n) is 3.34. The number of nitrogens with one attached hydrogen (secondary N) is 1. The highest BCUT2D eigenvalue weighted by Gasteiger charge is 2.22. The summed E-state index contributed by atoms with van der Waals surface area (Å²) in [6, 6.07) is 7.20. The number of unbranched alkanes of at least 4 members (excludes halogenated alkanes) is 1. The van der Waals surface area contributed by atoms with Crippen LogP contribution in [0.3, 0.4) is 0 Å². The van der Waals surface area contributed by atoms with E-state index in [0.29, 0.717) is 23.8 Å². The molecular weight excluding hydrogens is 286 g/mol. The first-order valence-electron chi connectivity index (χ1n) is 7.09. The highest BCUT2D eigenvalue weighted by atomic mass is 16.4. The SMILES string of the molecule is CCCC[C@H](NC(=O)c1cc2ccccc2oc1=O)C(=O)O. The molecule has 0 aliphatic carbocycles. The Balaban J connectivity index is 2.26. The molecule has 22 heavy (non-hydrogen) atoms. The van der Waals surface area contributed by atoms with E-state index in [0.717, 1.165) is 6.42 Å². The molecule has 0 fully saturated rings. The summed E-state index contributed by atoms with van der Waals surface area (Å²) in [5, 5.41) is 12.1. The first-order chi connectivity index (χ1) is 10.5. The van der Waals surface area contributed by atoms with Crippen molar-refractivity contribution in [3.63, 3.8) is 0 Å². The molecular formula is C16H17NO5. The average Bonchev–Trinajstić information content (AvgIpc) is 2.50. The van der Waals surface area contributed by atoms with E-state index in [2.05, 4.69) is 5.32 Å². The Morgan fingerprint density at radius 1 is 1.32 bits per heavy atom. The Bertz CT molecular complexity index is 750. The van der Waals surface area contributed by atoms with Gasteiger partial charge in [0.2, 0.25) is 0 Å². The fourth-order valence-corrected chi connectivity index (χ4v) is 2.12. The van der Waals surface area contributed by atoms with Crippen LogP contribution in [0.25, 0.3) is 11.0 Å². The number of carboxylic acid groups (broad SMARTS) is 1. The van der Waals surface area contributed by atoms with Crippen LogP contribution in [0.1, 0.15) is 36.5 Å². The molecule has 0 aliphatic heterocycles. The van der Waals surface area contributed by atoms with Gasteiger partial charge in [0.1, 0.15) is 17.2 Å². The molecule has 0 saturated heterocycles. The molecule has 1 amide bonds. The lowest BCUT2D eigenvalue weighted by Crippen LogP contribution is -2.42. The fraction of sp³-hybridized carbons (Fsp3) is 0.312. The number of hydrogen-bond donors (Lipinski definition) is 2. The molecule has 116 valence electrons. The van der Waals surface area contributed by atoms with Crippen LogP contribution >= 0.6 is 0 Å². The number of carbonyl (C=O) groups is 2. The van der Waals surface area contributed by atoms with Gasteiger partial charge in [-0.2, -0.15) is 0 Å². The molecule has 0 unspecified atom stereocenters. The molecule has 6 nitrogen and oxygen atoms in total. The fourth-order valence-electron chi connectivity index (χ4n) is 2.12. The summed E-state index contributed by atoms with van der Waals surface area (Å²) in [6.45, 7) is 1.93. The average molecular weight is 303 g/mol. The predicted octanol–water partition coefficient (Wildman–Crippen LogP) is 2.17. The highest BCUT2D eigenvalue weighted by Crippen LogP contribution is 2.13. The van der Waals surface area contributed by atoms with Gasteiger partial charge in [-0.25, -0.2) is 9.59 Å². The number of carbonyl (C=O) groups excluding carboxylic acids is 1. The third-order valence-corrected chi connectivity index (χ3v) is 3.34. The van der Waals surface area contributed by atoms with E-state index in [1.165, 1.54) is 6.07 Å². The Hall–Kier alpha value is -2.63. The number of hydrogen-bond acceptors (Lipinski definition) is 4. The molecule has 6 heteroatoms. The van der Waals surface area contributed by atoms with Crippen molar-refractivity contribution in [1.29, 1.82) is 0 Å². The highest BCUT2D eigenvalue weighted by molar-refractivity contribution is 5.98. The van der Waals surface area contributed by atoms with Crippen molar-refractivity contribution in [3.05, 3.63) is 46.3 Å². The summed E-state index contributed by atoms with van der Waals surface area (Å²) in [4.78, 5) is 35.2. The molecule has 1 atom stereocenters. The maximum absolute atomic E-state index is 12.2. The minimum absolute atomic E-state index is 0.193. The largest absolute Gasteiger partial charge is 0.480 e. The zero-order valence-corrected chi connectivity index (χ0v) is 12.2. The number of aliphatic carboxylic acids is 1. The monoisotopic (exact) mass is 303 g/mol. The summed E-state index contributed by atoms with van der Waals surface area (Å²) in [7, 11) is 0. The smallest absolute Gasteiger partial charge is 0.349 e. The van der Waals surface area contributed by atoms with Gasteiger partial charge in [0.05, 0.1) is 0 Å². The number of para-hydroxylation sites is 1. The quantitative estimate of drug-likeness (QED) is 0.797. The summed E-state index contributed by atoms with van der Waals surface area (Å²) >= 11 is 0. The lowest BCUT2D eigenvalue weighted by molar-refractivity contribution is -0.139. The Kier molecular flexibility index (Phi) is 4.93. The van der Waals surface area contributed by atoms with Crippen molar-refractivity contribution in [2.75, 3.05) is 0 Å².